The molecule has 0 aliphatic heterocycles. The maximum Gasteiger partial charge on any atom is 0.336 e. The summed E-state index contributed by atoms with van der Waals surface area (Å²) in [5.74, 6) is -0.0826. The summed E-state index contributed by atoms with van der Waals surface area (Å²) in [5, 5.41) is 18.1. The van der Waals surface area contributed by atoms with Crippen LogP contribution >= 0.6 is 0 Å². The second-order valence-corrected chi connectivity index (χ2v) is 8.15. The highest BCUT2D eigenvalue weighted by Gasteiger charge is 2.16. The molecule has 4 rings (SSSR count). The molecule has 0 atom stereocenters. The number of anilines is 1. The minimum absolute atomic E-state index is 0.164. The van der Waals surface area contributed by atoms with Crippen LogP contribution in [0.1, 0.15) is 24.2 Å². The molecule has 0 aliphatic rings. The molecule has 0 saturated heterocycles. The van der Waals surface area contributed by atoms with Crippen LogP contribution in [0.2, 0.25) is 0 Å². The van der Waals surface area contributed by atoms with E-state index in [0.717, 1.165) is 0 Å². The molecule has 10 heteroatoms. The minimum Gasteiger partial charge on any atom is -0.462 e. The molecule has 0 spiro atoms. The first-order chi connectivity index (χ1) is 16.8. The lowest BCUT2D eigenvalue weighted by Gasteiger charge is -2.09. The highest BCUT2D eigenvalue weighted by molar-refractivity contribution is 6.04. The summed E-state index contributed by atoms with van der Waals surface area (Å²) < 4.78 is 20.7. The third kappa shape index (κ3) is 5.67. The summed E-state index contributed by atoms with van der Waals surface area (Å²) in [6.45, 7) is 4.46. The Morgan fingerprint density at radius 1 is 1.11 bits per heavy atom. The molecular formula is C25H22FN5O4. The lowest BCUT2D eigenvalue weighted by molar-refractivity contribution is -0.384. The molecule has 1 amide bonds. The molecule has 35 heavy (non-hydrogen) atoms. The second kappa shape index (κ2) is 10.1. The van der Waals surface area contributed by atoms with Crippen molar-refractivity contribution in [2.75, 3.05) is 11.9 Å². The molecule has 4 aromatic rings. The van der Waals surface area contributed by atoms with Crippen LogP contribution in [0, 0.1) is 21.8 Å². The van der Waals surface area contributed by atoms with Gasteiger partial charge in [0.2, 0.25) is 0 Å². The number of hydrogen-bond acceptors (Lipinski definition) is 6. The van der Waals surface area contributed by atoms with E-state index in [9.17, 15) is 19.3 Å². The maximum atomic E-state index is 13.4. The normalized spacial score (nSPS) is 10.9. The summed E-state index contributed by atoms with van der Waals surface area (Å²) in [4.78, 5) is 27.4. The van der Waals surface area contributed by atoms with Crippen molar-refractivity contribution in [3.05, 3.63) is 94.3 Å². The average Bonchev–Trinajstić information content (AvgIpc) is 3.28. The first kappa shape index (κ1) is 23.6. The summed E-state index contributed by atoms with van der Waals surface area (Å²) in [5.41, 5.74) is 1.80. The third-order valence-corrected chi connectivity index (χ3v) is 4.92. The fourth-order valence-electron chi connectivity index (χ4n) is 3.21. The Morgan fingerprint density at radius 3 is 2.49 bits per heavy atom. The van der Waals surface area contributed by atoms with Crippen molar-refractivity contribution in [3.8, 4) is 23.1 Å². The summed E-state index contributed by atoms with van der Waals surface area (Å²) in [6.07, 6.45) is 0. The van der Waals surface area contributed by atoms with Gasteiger partial charge in [0, 0.05) is 28.9 Å². The van der Waals surface area contributed by atoms with Crippen molar-refractivity contribution in [3.63, 3.8) is 0 Å². The zero-order chi connectivity index (χ0) is 24.9. The molecule has 9 nitrogen and oxygen atoms in total. The van der Waals surface area contributed by atoms with Gasteiger partial charge in [-0.05, 0) is 60.5 Å². The van der Waals surface area contributed by atoms with E-state index < -0.39 is 10.8 Å². The van der Waals surface area contributed by atoms with Gasteiger partial charge >= 0.3 is 6.01 Å². The average molecular weight is 475 g/mol. The van der Waals surface area contributed by atoms with Gasteiger partial charge in [-0.2, -0.15) is 4.98 Å². The Labute approximate surface area is 200 Å². The van der Waals surface area contributed by atoms with E-state index in [1.807, 2.05) is 13.8 Å². The summed E-state index contributed by atoms with van der Waals surface area (Å²) in [7, 11) is 0. The number of ether oxygens (including phenoxy) is 1. The van der Waals surface area contributed by atoms with Gasteiger partial charge < -0.3 is 10.1 Å². The Kier molecular flexibility index (Phi) is 6.81. The molecule has 0 bridgehead atoms. The Morgan fingerprint density at radius 2 is 1.83 bits per heavy atom. The monoisotopic (exact) mass is 475 g/mol. The van der Waals surface area contributed by atoms with Crippen molar-refractivity contribution in [2.45, 2.75) is 13.8 Å². The summed E-state index contributed by atoms with van der Waals surface area (Å²) >= 11 is 0. The van der Waals surface area contributed by atoms with Crippen LogP contribution in [-0.4, -0.2) is 32.2 Å². The highest BCUT2D eigenvalue weighted by Crippen LogP contribution is 2.25. The molecule has 1 heterocycles. The first-order valence-corrected chi connectivity index (χ1v) is 10.8. The smallest absolute Gasteiger partial charge is 0.336 e. The molecule has 0 aliphatic carbocycles. The second-order valence-electron chi connectivity index (χ2n) is 8.15. The fourth-order valence-corrected chi connectivity index (χ4v) is 3.21. The number of rotatable bonds is 8. The molecule has 0 radical (unpaired) electrons. The van der Waals surface area contributed by atoms with Crippen LogP contribution in [0.15, 0.2) is 72.8 Å². The van der Waals surface area contributed by atoms with Gasteiger partial charge in [-0.1, -0.05) is 19.9 Å². The number of non-ortho nitro benzene ring substituents is 1. The predicted molar refractivity (Wildman–Crippen MR) is 128 cm³/mol. The predicted octanol–water partition coefficient (Wildman–Crippen LogP) is 5.27. The van der Waals surface area contributed by atoms with Gasteiger partial charge in [-0.25, -0.2) is 9.07 Å². The number of nitro benzene ring substituents is 1. The highest BCUT2D eigenvalue weighted by atomic mass is 19.1. The summed E-state index contributed by atoms with van der Waals surface area (Å²) in [6, 6.07) is 18.4. The lowest BCUT2D eigenvalue weighted by atomic mass is 10.2. The van der Waals surface area contributed by atoms with Crippen LogP contribution in [0.5, 0.6) is 6.01 Å². The zero-order valence-electron chi connectivity index (χ0n) is 19.0. The molecule has 1 aromatic heterocycles. The Hall–Kier alpha value is -4.60. The number of nitrogens with zero attached hydrogens (tertiary/aromatic N) is 4. The molecule has 1 N–H and O–H groups in total. The van der Waals surface area contributed by atoms with E-state index in [4.69, 9.17) is 4.74 Å². The largest absolute Gasteiger partial charge is 0.462 e. The standard InChI is InChI=1S/C25H22FN5O4/c1-16(2)15-35-25-28-23(17-6-8-19(26)9-7-17)30(29-25)21-12-10-20(11-13-21)27-24(32)18-4-3-5-22(14-18)31(33)34/h3-14,16H,15H2,1-2H3,(H,27,32). The van der Waals surface area contributed by atoms with Gasteiger partial charge in [0.05, 0.1) is 17.2 Å². The molecule has 0 unspecified atom stereocenters. The van der Waals surface area contributed by atoms with Crippen LogP contribution in [0.3, 0.4) is 0 Å². The molecule has 178 valence electrons. The van der Waals surface area contributed by atoms with E-state index in [0.29, 0.717) is 29.4 Å². The number of carbonyl (C=O) groups excluding carboxylic acids is 1. The number of nitrogens with one attached hydrogen (secondary N) is 1. The van der Waals surface area contributed by atoms with Gasteiger partial charge in [-0.3, -0.25) is 14.9 Å². The maximum absolute atomic E-state index is 13.4. The SMILES string of the molecule is CC(C)COc1nc(-c2ccc(F)cc2)n(-c2ccc(NC(=O)c3cccc([N+](=O)[O-])c3)cc2)n1. The first-order valence-electron chi connectivity index (χ1n) is 10.8. The topological polar surface area (TPSA) is 112 Å². The van der Waals surface area contributed by atoms with Gasteiger partial charge in [-0.15, -0.1) is 5.10 Å². The minimum atomic E-state index is -0.554. The molecular weight excluding hydrogens is 453 g/mol. The molecule has 0 fully saturated rings. The number of hydrogen-bond donors (Lipinski definition) is 1. The van der Waals surface area contributed by atoms with E-state index >= 15 is 0 Å². The van der Waals surface area contributed by atoms with Crippen LogP contribution in [0.4, 0.5) is 15.8 Å². The van der Waals surface area contributed by atoms with E-state index in [1.54, 1.807) is 41.1 Å². The number of aromatic nitrogens is 3. The Balaban J connectivity index is 1.59. The van der Waals surface area contributed by atoms with Crippen LogP contribution in [0.25, 0.3) is 17.1 Å². The van der Waals surface area contributed by atoms with Crippen molar-refractivity contribution < 1.29 is 18.8 Å². The number of amides is 1. The molecule has 3 aromatic carbocycles. The van der Waals surface area contributed by atoms with Crippen molar-refractivity contribution >= 4 is 17.3 Å². The van der Waals surface area contributed by atoms with Crippen LogP contribution in [-0.2, 0) is 0 Å². The van der Waals surface area contributed by atoms with Gasteiger partial charge in [0.1, 0.15) is 5.82 Å². The number of benzene rings is 3. The van der Waals surface area contributed by atoms with Crippen molar-refractivity contribution in [1.29, 1.82) is 0 Å². The zero-order valence-corrected chi connectivity index (χ0v) is 19.0. The number of carbonyl (C=O) groups is 1. The van der Waals surface area contributed by atoms with Gasteiger partial charge in [0.25, 0.3) is 11.6 Å². The van der Waals surface area contributed by atoms with Crippen molar-refractivity contribution in [2.24, 2.45) is 5.92 Å². The Bertz CT molecular complexity index is 1350. The number of halogens is 1. The van der Waals surface area contributed by atoms with E-state index in [1.165, 1.54) is 36.4 Å². The van der Waals surface area contributed by atoms with E-state index in [2.05, 4.69) is 15.4 Å². The fraction of sp³-hybridized carbons (Fsp3) is 0.160. The molecule has 0 saturated carbocycles. The quantitative estimate of drug-likeness (QED) is 0.274. The van der Waals surface area contributed by atoms with Crippen LogP contribution < -0.4 is 10.1 Å². The number of nitro groups is 1. The van der Waals surface area contributed by atoms with Crippen molar-refractivity contribution in [1.82, 2.24) is 14.8 Å². The third-order valence-electron chi connectivity index (χ3n) is 4.92. The van der Waals surface area contributed by atoms with E-state index in [-0.39, 0.29) is 29.0 Å². The van der Waals surface area contributed by atoms with Gasteiger partial charge in [0.15, 0.2) is 5.82 Å². The lowest BCUT2D eigenvalue weighted by Crippen LogP contribution is -2.12.